The van der Waals surface area contributed by atoms with Crippen LogP contribution in [0.4, 0.5) is 0 Å². The number of hydrogen-bond acceptors (Lipinski definition) is 4. The van der Waals surface area contributed by atoms with Crippen molar-refractivity contribution in [3.63, 3.8) is 0 Å². The van der Waals surface area contributed by atoms with Gasteiger partial charge in [-0.3, -0.25) is 9.80 Å². The zero-order valence-corrected chi connectivity index (χ0v) is 13.3. The van der Waals surface area contributed by atoms with Crippen LogP contribution < -0.4 is 0 Å². The first-order chi connectivity index (χ1) is 10.0. The fourth-order valence-electron chi connectivity index (χ4n) is 2.71. The Kier molecular flexibility index (Phi) is 6.18. The van der Waals surface area contributed by atoms with E-state index in [1.807, 2.05) is 19.9 Å². The molecule has 0 unspecified atom stereocenters. The Labute approximate surface area is 128 Å². The predicted octanol–water partition coefficient (Wildman–Crippen LogP) is 1.59. The number of rotatable bonds is 7. The lowest BCUT2D eigenvalue weighted by Crippen LogP contribution is -2.44. The Morgan fingerprint density at radius 1 is 1.19 bits per heavy atom. The SMILES string of the molecule is CC(C)(O)CN(CCN1CCOCC1)Cc1ccccc1. The summed E-state index contributed by atoms with van der Waals surface area (Å²) in [5, 5.41) is 10.1. The molecule has 0 radical (unpaired) electrons. The summed E-state index contributed by atoms with van der Waals surface area (Å²) in [6.45, 7) is 11.0. The Morgan fingerprint density at radius 3 is 2.48 bits per heavy atom. The Bertz CT molecular complexity index is 397. The smallest absolute Gasteiger partial charge is 0.0718 e. The zero-order chi connectivity index (χ0) is 15.1. The minimum Gasteiger partial charge on any atom is -0.389 e. The van der Waals surface area contributed by atoms with Crippen molar-refractivity contribution in [2.24, 2.45) is 0 Å². The maximum Gasteiger partial charge on any atom is 0.0718 e. The molecular weight excluding hydrogens is 264 g/mol. The molecular formula is C17H28N2O2. The summed E-state index contributed by atoms with van der Waals surface area (Å²) in [5.41, 5.74) is 0.628. The van der Waals surface area contributed by atoms with Crippen molar-refractivity contribution >= 4 is 0 Å². The zero-order valence-electron chi connectivity index (χ0n) is 13.3. The van der Waals surface area contributed by atoms with E-state index in [0.29, 0.717) is 6.54 Å². The molecule has 1 heterocycles. The van der Waals surface area contributed by atoms with Gasteiger partial charge in [-0.1, -0.05) is 30.3 Å². The van der Waals surface area contributed by atoms with Crippen molar-refractivity contribution in [1.82, 2.24) is 9.80 Å². The van der Waals surface area contributed by atoms with E-state index in [2.05, 4.69) is 34.1 Å². The van der Waals surface area contributed by atoms with Gasteiger partial charge >= 0.3 is 0 Å². The molecule has 1 saturated heterocycles. The van der Waals surface area contributed by atoms with Crippen LogP contribution in [0.3, 0.4) is 0 Å². The van der Waals surface area contributed by atoms with Gasteiger partial charge < -0.3 is 9.84 Å². The number of nitrogens with zero attached hydrogens (tertiary/aromatic N) is 2. The van der Waals surface area contributed by atoms with Crippen LogP contribution in [0.1, 0.15) is 19.4 Å². The molecule has 0 spiro atoms. The number of aliphatic hydroxyl groups is 1. The molecule has 0 saturated carbocycles. The molecule has 21 heavy (non-hydrogen) atoms. The number of morpholine rings is 1. The van der Waals surface area contributed by atoms with E-state index in [9.17, 15) is 5.11 Å². The first kappa shape index (κ1) is 16.4. The van der Waals surface area contributed by atoms with E-state index in [-0.39, 0.29) is 0 Å². The van der Waals surface area contributed by atoms with E-state index in [0.717, 1.165) is 45.9 Å². The van der Waals surface area contributed by atoms with E-state index in [4.69, 9.17) is 4.74 Å². The summed E-state index contributed by atoms with van der Waals surface area (Å²) >= 11 is 0. The van der Waals surface area contributed by atoms with Crippen LogP contribution in [0.25, 0.3) is 0 Å². The molecule has 0 bridgehead atoms. The maximum atomic E-state index is 10.1. The van der Waals surface area contributed by atoms with Crippen LogP contribution in [0.5, 0.6) is 0 Å². The van der Waals surface area contributed by atoms with Gasteiger partial charge in [0.2, 0.25) is 0 Å². The largest absolute Gasteiger partial charge is 0.389 e. The van der Waals surface area contributed by atoms with Gasteiger partial charge in [0.25, 0.3) is 0 Å². The molecule has 0 aliphatic carbocycles. The van der Waals surface area contributed by atoms with Gasteiger partial charge in [0.1, 0.15) is 0 Å². The third kappa shape index (κ3) is 6.57. The second-order valence-electron chi connectivity index (χ2n) is 6.46. The van der Waals surface area contributed by atoms with Gasteiger partial charge in [0.15, 0.2) is 0 Å². The first-order valence-electron chi connectivity index (χ1n) is 7.82. The summed E-state index contributed by atoms with van der Waals surface area (Å²) in [7, 11) is 0. The van der Waals surface area contributed by atoms with Crippen molar-refractivity contribution in [2.45, 2.75) is 26.0 Å². The van der Waals surface area contributed by atoms with Gasteiger partial charge in [0.05, 0.1) is 18.8 Å². The minimum atomic E-state index is -0.667. The molecule has 4 heteroatoms. The molecule has 1 aromatic carbocycles. The van der Waals surface area contributed by atoms with E-state index >= 15 is 0 Å². The monoisotopic (exact) mass is 292 g/mol. The van der Waals surface area contributed by atoms with Crippen molar-refractivity contribution in [2.75, 3.05) is 45.9 Å². The van der Waals surface area contributed by atoms with E-state index < -0.39 is 5.60 Å². The molecule has 1 fully saturated rings. The number of benzene rings is 1. The molecule has 1 N–H and O–H groups in total. The highest BCUT2D eigenvalue weighted by molar-refractivity contribution is 5.14. The molecule has 118 valence electrons. The Balaban J connectivity index is 1.88. The third-order valence-corrected chi connectivity index (χ3v) is 3.70. The summed E-state index contributed by atoms with van der Waals surface area (Å²) in [6, 6.07) is 10.5. The molecule has 4 nitrogen and oxygen atoms in total. The molecule has 0 atom stereocenters. The number of ether oxygens (including phenoxy) is 1. The van der Waals surface area contributed by atoms with Gasteiger partial charge in [-0.2, -0.15) is 0 Å². The van der Waals surface area contributed by atoms with Gasteiger partial charge in [-0.05, 0) is 19.4 Å². The highest BCUT2D eigenvalue weighted by atomic mass is 16.5. The van der Waals surface area contributed by atoms with Gasteiger partial charge in [-0.15, -0.1) is 0 Å². The number of hydrogen-bond donors (Lipinski definition) is 1. The average molecular weight is 292 g/mol. The second kappa shape index (κ2) is 7.90. The predicted molar refractivity (Wildman–Crippen MR) is 85.3 cm³/mol. The lowest BCUT2D eigenvalue weighted by molar-refractivity contribution is 0.0139. The van der Waals surface area contributed by atoms with Gasteiger partial charge in [-0.25, -0.2) is 0 Å². The van der Waals surface area contributed by atoms with Crippen LogP contribution in [0.15, 0.2) is 30.3 Å². The fourth-order valence-corrected chi connectivity index (χ4v) is 2.71. The maximum absolute atomic E-state index is 10.1. The van der Waals surface area contributed by atoms with Crippen LogP contribution in [-0.4, -0.2) is 66.4 Å². The Morgan fingerprint density at radius 2 is 1.86 bits per heavy atom. The standard InChI is InChI=1S/C17H28N2O2/c1-17(2,20)15-19(14-16-6-4-3-5-7-16)9-8-18-10-12-21-13-11-18/h3-7,20H,8-15H2,1-2H3. The Hall–Kier alpha value is -0.940. The molecule has 1 aliphatic heterocycles. The van der Waals surface area contributed by atoms with Crippen LogP contribution in [-0.2, 0) is 11.3 Å². The summed E-state index contributed by atoms with van der Waals surface area (Å²) in [4.78, 5) is 4.77. The molecule has 0 aromatic heterocycles. The molecule has 1 aliphatic rings. The molecule has 0 amide bonds. The lowest BCUT2D eigenvalue weighted by Gasteiger charge is -2.32. The molecule has 2 rings (SSSR count). The first-order valence-corrected chi connectivity index (χ1v) is 7.82. The highest BCUT2D eigenvalue weighted by Crippen LogP contribution is 2.10. The van der Waals surface area contributed by atoms with E-state index in [1.54, 1.807) is 0 Å². The lowest BCUT2D eigenvalue weighted by atomic mass is 10.1. The summed E-state index contributed by atoms with van der Waals surface area (Å²) in [6.07, 6.45) is 0. The highest BCUT2D eigenvalue weighted by Gasteiger charge is 2.19. The summed E-state index contributed by atoms with van der Waals surface area (Å²) < 4.78 is 5.39. The van der Waals surface area contributed by atoms with E-state index in [1.165, 1.54) is 5.56 Å². The fraction of sp³-hybridized carbons (Fsp3) is 0.647. The van der Waals surface area contributed by atoms with Crippen molar-refractivity contribution in [1.29, 1.82) is 0 Å². The van der Waals surface area contributed by atoms with Crippen molar-refractivity contribution in [3.05, 3.63) is 35.9 Å². The normalized spacial score (nSPS) is 17.3. The average Bonchev–Trinajstić information content (AvgIpc) is 2.45. The second-order valence-corrected chi connectivity index (χ2v) is 6.46. The van der Waals surface area contributed by atoms with Crippen LogP contribution in [0, 0.1) is 0 Å². The van der Waals surface area contributed by atoms with Crippen molar-refractivity contribution < 1.29 is 9.84 Å². The third-order valence-electron chi connectivity index (χ3n) is 3.70. The van der Waals surface area contributed by atoms with Crippen LogP contribution >= 0.6 is 0 Å². The quantitative estimate of drug-likeness (QED) is 0.828. The van der Waals surface area contributed by atoms with Crippen LogP contribution in [0.2, 0.25) is 0 Å². The summed E-state index contributed by atoms with van der Waals surface area (Å²) in [5.74, 6) is 0. The molecule has 1 aromatic rings. The minimum absolute atomic E-state index is 0.667. The topological polar surface area (TPSA) is 35.9 Å². The van der Waals surface area contributed by atoms with Crippen molar-refractivity contribution in [3.8, 4) is 0 Å². The van der Waals surface area contributed by atoms with Gasteiger partial charge in [0, 0.05) is 39.3 Å².